The molecule has 3 rings (SSSR count). The summed E-state index contributed by atoms with van der Waals surface area (Å²) in [5.41, 5.74) is 3.70. The van der Waals surface area contributed by atoms with Gasteiger partial charge in [-0.1, -0.05) is 42.6 Å². The normalized spacial score (nSPS) is 11.0. The molecule has 158 valence electrons. The van der Waals surface area contributed by atoms with Crippen LogP contribution in [-0.4, -0.2) is 30.2 Å². The fraction of sp³-hybridized carbons (Fsp3) is 0.333. The standard InChI is InChI=1S/C24H26ClNO4/c1-5-6-11-30-23(27)13-18-16(3)26(24(28)17-9-7-15(2)8-10-17)21-14-20(25)22(29-4)12-19(18)21/h7-10,12,14H,5-6,11,13H2,1-4H3. The number of hydrogen-bond donors (Lipinski definition) is 0. The molecule has 0 radical (unpaired) electrons. The molecular formula is C24H26ClNO4. The van der Waals surface area contributed by atoms with Crippen LogP contribution < -0.4 is 4.74 Å². The maximum Gasteiger partial charge on any atom is 0.310 e. The van der Waals surface area contributed by atoms with Crippen molar-refractivity contribution in [3.63, 3.8) is 0 Å². The molecule has 0 amide bonds. The highest BCUT2D eigenvalue weighted by molar-refractivity contribution is 6.33. The monoisotopic (exact) mass is 427 g/mol. The zero-order valence-electron chi connectivity index (χ0n) is 17.8. The van der Waals surface area contributed by atoms with E-state index in [0.29, 0.717) is 34.2 Å². The number of unbranched alkanes of at least 4 members (excludes halogenated alkanes) is 1. The summed E-state index contributed by atoms with van der Waals surface area (Å²) in [6, 6.07) is 10.9. The van der Waals surface area contributed by atoms with Crippen LogP contribution >= 0.6 is 11.6 Å². The summed E-state index contributed by atoms with van der Waals surface area (Å²) in [6.07, 6.45) is 1.85. The van der Waals surface area contributed by atoms with Gasteiger partial charge in [0.05, 0.1) is 30.7 Å². The van der Waals surface area contributed by atoms with Gasteiger partial charge in [-0.3, -0.25) is 14.2 Å². The van der Waals surface area contributed by atoms with Crippen LogP contribution in [0.3, 0.4) is 0 Å². The Hall–Kier alpha value is -2.79. The molecule has 0 unspecified atom stereocenters. The third-order valence-electron chi connectivity index (χ3n) is 5.19. The maximum atomic E-state index is 13.3. The lowest BCUT2D eigenvalue weighted by Gasteiger charge is -2.09. The topological polar surface area (TPSA) is 57.5 Å². The first-order valence-corrected chi connectivity index (χ1v) is 10.4. The molecule has 0 spiro atoms. The van der Waals surface area contributed by atoms with Gasteiger partial charge in [-0.05, 0) is 50.1 Å². The summed E-state index contributed by atoms with van der Waals surface area (Å²) in [6.45, 7) is 6.24. The van der Waals surface area contributed by atoms with E-state index in [1.165, 1.54) is 7.11 Å². The lowest BCUT2D eigenvalue weighted by atomic mass is 10.1. The molecule has 0 saturated heterocycles. The summed E-state index contributed by atoms with van der Waals surface area (Å²) in [5.74, 6) is -0.00339. The van der Waals surface area contributed by atoms with Crippen molar-refractivity contribution >= 4 is 34.4 Å². The Morgan fingerprint density at radius 2 is 1.80 bits per heavy atom. The van der Waals surface area contributed by atoms with Crippen molar-refractivity contribution in [3.8, 4) is 5.75 Å². The molecule has 0 saturated carbocycles. The van der Waals surface area contributed by atoms with Gasteiger partial charge in [0.15, 0.2) is 0 Å². The number of ether oxygens (including phenoxy) is 2. The number of hydrogen-bond acceptors (Lipinski definition) is 4. The van der Waals surface area contributed by atoms with E-state index >= 15 is 0 Å². The fourth-order valence-corrected chi connectivity index (χ4v) is 3.71. The number of aryl methyl sites for hydroxylation is 1. The predicted octanol–water partition coefficient (Wildman–Crippen LogP) is 5.49. The van der Waals surface area contributed by atoms with Gasteiger partial charge in [-0.25, -0.2) is 0 Å². The maximum absolute atomic E-state index is 13.3. The molecule has 0 aliphatic rings. The van der Waals surface area contributed by atoms with E-state index in [0.717, 1.165) is 29.4 Å². The van der Waals surface area contributed by atoms with Crippen LogP contribution in [-0.2, 0) is 16.0 Å². The molecule has 5 nitrogen and oxygen atoms in total. The number of methoxy groups -OCH3 is 1. The molecular weight excluding hydrogens is 402 g/mol. The highest BCUT2D eigenvalue weighted by Gasteiger charge is 2.23. The van der Waals surface area contributed by atoms with Crippen LogP contribution in [0.4, 0.5) is 0 Å². The highest BCUT2D eigenvalue weighted by Crippen LogP contribution is 2.35. The zero-order valence-corrected chi connectivity index (χ0v) is 18.5. The summed E-state index contributed by atoms with van der Waals surface area (Å²) in [4.78, 5) is 25.8. The average Bonchev–Trinajstić information content (AvgIpc) is 2.98. The molecule has 0 fully saturated rings. The van der Waals surface area contributed by atoms with Gasteiger partial charge in [0.2, 0.25) is 0 Å². The van der Waals surface area contributed by atoms with Gasteiger partial charge in [-0.2, -0.15) is 0 Å². The average molecular weight is 428 g/mol. The Labute approximate surface area is 181 Å². The van der Waals surface area contributed by atoms with E-state index in [1.54, 1.807) is 28.8 Å². The molecule has 1 heterocycles. The molecule has 2 aromatic carbocycles. The second-order valence-electron chi connectivity index (χ2n) is 7.33. The number of halogens is 1. The molecule has 0 aliphatic carbocycles. The van der Waals surface area contributed by atoms with Gasteiger partial charge in [0, 0.05) is 16.6 Å². The first kappa shape index (κ1) is 21.9. The van der Waals surface area contributed by atoms with Gasteiger partial charge < -0.3 is 9.47 Å². The molecule has 0 N–H and O–H groups in total. The fourth-order valence-electron chi connectivity index (χ4n) is 3.47. The van der Waals surface area contributed by atoms with Crippen molar-refractivity contribution in [1.29, 1.82) is 0 Å². The summed E-state index contributed by atoms with van der Waals surface area (Å²) < 4.78 is 12.3. The second-order valence-corrected chi connectivity index (χ2v) is 7.73. The Balaban J connectivity index is 2.11. The van der Waals surface area contributed by atoms with Crippen LogP contribution in [0.2, 0.25) is 5.02 Å². The van der Waals surface area contributed by atoms with Crippen LogP contribution in [0.15, 0.2) is 36.4 Å². The molecule has 3 aromatic rings. The number of benzene rings is 2. The Bertz CT molecular complexity index is 1080. The van der Waals surface area contributed by atoms with E-state index in [9.17, 15) is 9.59 Å². The largest absolute Gasteiger partial charge is 0.495 e. The van der Waals surface area contributed by atoms with E-state index in [-0.39, 0.29) is 18.3 Å². The number of aromatic nitrogens is 1. The third-order valence-corrected chi connectivity index (χ3v) is 5.49. The number of fused-ring (bicyclic) bond motifs is 1. The summed E-state index contributed by atoms with van der Waals surface area (Å²) >= 11 is 6.36. The minimum atomic E-state index is -0.317. The van der Waals surface area contributed by atoms with Crippen LogP contribution in [0, 0.1) is 13.8 Å². The van der Waals surface area contributed by atoms with E-state index < -0.39 is 0 Å². The van der Waals surface area contributed by atoms with Crippen LogP contribution in [0.1, 0.15) is 46.9 Å². The lowest BCUT2D eigenvalue weighted by Crippen LogP contribution is -2.15. The predicted molar refractivity (Wildman–Crippen MR) is 119 cm³/mol. The Morgan fingerprint density at radius 3 is 2.43 bits per heavy atom. The SMILES string of the molecule is CCCCOC(=O)Cc1c(C)n(C(=O)c2ccc(C)cc2)c2cc(Cl)c(OC)cc12. The number of rotatable bonds is 7. The minimum absolute atomic E-state index is 0.0744. The van der Waals surface area contributed by atoms with Crippen molar-refractivity contribution in [2.45, 2.75) is 40.0 Å². The van der Waals surface area contributed by atoms with Gasteiger partial charge >= 0.3 is 5.97 Å². The first-order chi connectivity index (χ1) is 14.4. The van der Waals surface area contributed by atoms with Crippen molar-refractivity contribution < 1.29 is 19.1 Å². The van der Waals surface area contributed by atoms with Crippen molar-refractivity contribution in [2.75, 3.05) is 13.7 Å². The summed E-state index contributed by atoms with van der Waals surface area (Å²) in [7, 11) is 1.53. The first-order valence-electron chi connectivity index (χ1n) is 10.0. The van der Waals surface area contributed by atoms with Gasteiger partial charge in [0.25, 0.3) is 5.91 Å². The molecule has 1 aromatic heterocycles. The number of carbonyl (C=O) groups excluding carboxylic acids is 2. The molecule has 0 atom stereocenters. The minimum Gasteiger partial charge on any atom is -0.495 e. The second kappa shape index (κ2) is 9.35. The van der Waals surface area contributed by atoms with Crippen molar-refractivity contribution in [3.05, 3.63) is 63.8 Å². The van der Waals surface area contributed by atoms with E-state index in [1.807, 2.05) is 32.9 Å². The smallest absolute Gasteiger partial charge is 0.310 e. The Morgan fingerprint density at radius 1 is 1.10 bits per heavy atom. The zero-order chi connectivity index (χ0) is 21.8. The molecule has 0 bridgehead atoms. The van der Waals surface area contributed by atoms with Gasteiger partial charge in [0.1, 0.15) is 5.75 Å². The third kappa shape index (κ3) is 4.36. The van der Waals surface area contributed by atoms with E-state index in [4.69, 9.17) is 21.1 Å². The van der Waals surface area contributed by atoms with Crippen molar-refractivity contribution in [2.24, 2.45) is 0 Å². The van der Waals surface area contributed by atoms with Crippen LogP contribution in [0.5, 0.6) is 5.75 Å². The van der Waals surface area contributed by atoms with Gasteiger partial charge in [-0.15, -0.1) is 0 Å². The lowest BCUT2D eigenvalue weighted by molar-refractivity contribution is -0.142. The van der Waals surface area contributed by atoms with Crippen LogP contribution in [0.25, 0.3) is 10.9 Å². The molecule has 6 heteroatoms. The summed E-state index contributed by atoms with van der Waals surface area (Å²) in [5, 5.41) is 1.15. The number of esters is 1. The number of nitrogens with zero attached hydrogens (tertiary/aromatic N) is 1. The highest BCUT2D eigenvalue weighted by atomic mass is 35.5. The van der Waals surface area contributed by atoms with Crippen molar-refractivity contribution in [1.82, 2.24) is 4.57 Å². The number of carbonyl (C=O) groups is 2. The molecule has 30 heavy (non-hydrogen) atoms. The quantitative estimate of drug-likeness (QED) is 0.369. The van der Waals surface area contributed by atoms with E-state index in [2.05, 4.69) is 0 Å². The molecule has 0 aliphatic heterocycles. The Kier molecular flexibility index (Phi) is 6.83.